The highest BCUT2D eigenvalue weighted by atomic mass is 16.7. The Balaban J connectivity index is 1.58. The number of carbonyl (C=O) groups excluding carboxylic acids is 1. The van der Waals surface area contributed by atoms with Crippen LogP contribution in [0.1, 0.15) is 38.5 Å². The Morgan fingerprint density at radius 2 is 2.22 bits per heavy atom. The number of carbonyl (C=O) groups is 1. The van der Waals surface area contributed by atoms with Crippen LogP contribution in [0.25, 0.3) is 0 Å². The summed E-state index contributed by atoms with van der Waals surface area (Å²) >= 11 is 0. The van der Waals surface area contributed by atoms with E-state index >= 15 is 0 Å². The third-order valence-corrected chi connectivity index (χ3v) is 3.72. The van der Waals surface area contributed by atoms with Gasteiger partial charge in [0, 0.05) is 13.2 Å². The van der Waals surface area contributed by atoms with Gasteiger partial charge in [0.15, 0.2) is 6.29 Å². The number of amides is 1. The summed E-state index contributed by atoms with van der Waals surface area (Å²) in [4.78, 5) is 13.4. The normalized spacial score (nSPS) is 29.6. The smallest absolute Gasteiger partial charge is 0.234 e. The summed E-state index contributed by atoms with van der Waals surface area (Å²) in [6.45, 7) is 3.39. The number of likely N-dealkylation sites (tertiary alicyclic amines) is 1. The van der Waals surface area contributed by atoms with Crippen LogP contribution in [-0.2, 0) is 14.3 Å². The fourth-order valence-corrected chi connectivity index (χ4v) is 2.74. The molecule has 0 aromatic rings. The molecular weight excluding hydrogens is 232 g/mol. The van der Waals surface area contributed by atoms with E-state index in [0.29, 0.717) is 6.61 Å². The molecule has 0 saturated carbocycles. The summed E-state index contributed by atoms with van der Waals surface area (Å²) in [6.07, 6.45) is 6.25. The quantitative estimate of drug-likeness (QED) is 0.716. The second-order valence-corrected chi connectivity index (χ2v) is 5.12. The Morgan fingerprint density at radius 3 is 2.94 bits per heavy atom. The van der Waals surface area contributed by atoms with Crippen molar-refractivity contribution in [3.8, 4) is 0 Å². The maximum absolute atomic E-state index is 11.2. The summed E-state index contributed by atoms with van der Waals surface area (Å²) in [5, 5.41) is 0. The molecule has 2 aliphatic rings. The van der Waals surface area contributed by atoms with Crippen LogP contribution in [0, 0.1) is 0 Å². The first-order valence-corrected chi connectivity index (χ1v) is 7.04. The third-order valence-electron chi connectivity index (χ3n) is 3.72. The van der Waals surface area contributed by atoms with Crippen LogP contribution in [0.2, 0.25) is 0 Å². The topological polar surface area (TPSA) is 64.8 Å². The van der Waals surface area contributed by atoms with Gasteiger partial charge in [-0.25, -0.2) is 0 Å². The summed E-state index contributed by atoms with van der Waals surface area (Å²) in [6, 6.07) is -0.0593. The predicted octanol–water partition coefficient (Wildman–Crippen LogP) is 0.869. The third kappa shape index (κ3) is 3.93. The number of nitrogens with two attached hydrogens (primary N) is 1. The van der Waals surface area contributed by atoms with Crippen molar-refractivity contribution in [2.75, 3.05) is 26.3 Å². The monoisotopic (exact) mass is 256 g/mol. The van der Waals surface area contributed by atoms with E-state index < -0.39 is 0 Å². The van der Waals surface area contributed by atoms with Crippen LogP contribution < -0.4 is 5.73 Å². The number of hydrogen-bond acceptors (Lipinski definition) is 4. The Bertz CT molecular complexity index is 267. The average molecular weight is 256 g/mol. The molecule has 2 N–H and O–H groups in total. The second kappa shape index (κ2) is 7.07. The fourth-order valence-electron chi connectivity index (χ4n) is 2.74. The Kier molecular flexibility index (Phi) is 5.41. The van der Waals surface area contributed by atoms with Gasteiger partial charge < -0.3 is 15.2 Å². The molecule has 0 radical (unpaired) electrons. The number of primary amides is 1. The molecule has 2 saturated heterocycles. The van der Waals surface area contributed by atoms with Gasteiger partial charge in [0.2, 0.25) is 5.91 Å². The van der Waals surface area contributed by atoms with Crippen LogP contribution in [0.5, 0.6) is 0 Å². The molecule has 18 heavy (non-hydrogen) atoms. The standard InChI is InChI=1S/C13H24N2O3/c14-13(16)11-5-3-7-15(11)8-4-10-18-12-6-1-2-9-17-12/h11-12H,1-10H2,(H2,14,16)/t11-,12?/m0/s1. The van der Waals surface area contributed by atoms with Gasteiger partial charge in [-0.15, -0.1) is 0 Å². The van der Waals surface area contributed by atoms with Gasteiger partial charge in [0.1, 0.15) is 0 Å². The first-order valence-electron chi connectivity index (χ1n) is 7.04. The molecule has 5 heteroatoms. The molecule has 0 aromatic carbocycles. The lowest BCUT2D eigenvalue weighted by Gasteiger charge is -2.24. The molecule has 0 aliphatic carbocycles. The van der Waals surface area contributed by atoms with Crippen molar-refractivity contribution in [3.05, 3.63) is 0 Å². The maximum atomic E-state index is 11.2. The lowest BCUT2D eigenvalue weighted by Crippen LogP contribution is -2.41. The number of nitrogens with zero attached hydrogens (tertiary/aromatic N) is 1. The van der Waals surface area contributed by atoms with Crippen LogP contribution in [0.3, 0.4) is 0 Å². The van der Waals surface area contributed by atoms with Crippen LogP contribution in [0.15, 0.2) is 0 Å². The zero-order valence-electron chi connectivity index (χ0n) is 11.0. The molecule has 1 amide bonds. The summed E-state index contributed by atoms with van der Waals surface area (Å²) in [7, 11) is 0. The molecule has 5 nitrogen and oxygen atoms in total. The minimum Gasteiger partial charge on any atom is -0.368 e. The van der Waals surface area contributed by atoms with Crippen LogP contribution >= 0.6 is 0 Å². The van der Waals surface area contributed by atoms with Crippen molar-refractivity contribution in [1.29, 1.82) is 0 Å². The van der Waals surface area contributed by atoms with E-state index in [2.05, 4.69) is 4.90 Å². The summed E-state index contributed by atoms with van der Waals surface area (Å²) in [5.74, 6) is -0.191. The van der Waals surface area contributed by atoms with E-state index in [1.807, 2.05) is 0 Å². The SMILES string of the molecule is NC(=O)[C@@H]1CCCN1CCCOC1CCCCO1. The van der Waals surface area contributed by atoms with Crippen molar-refractivity contribution in [3.63, 3.8) is 0 Å². The van der Waals surface area contributed by atoms with Crippen molar-refractivity contribution in [2.24, 2.45) is 5.73 Å². The summed E-state index contributed by atoms with van der Waals surface area (Å²) in [5.41, 5.74) is 5.38. The zero-order valence-corrected chi connectivity index (χ0v) is 11.0. The fraction of sp³-hybridized carbons (Fsp3) is 0.923. The maximum Gasteiger partial charge on any atom is 0.234 e. The molecule has 2 heterocycles. The van der Waals surface area contributed by atoms with Crippen LogP contribution in [0.4, 0.5) is 0 Å². The van der Waals surface area contributed by atoms with Gasteiger partial charge in [-0.05, 0) is 45.1 Å². The van der Waals surface area contributed by atoms with E-state index in [0.717, 1.165) is 51.8 Å². The Morgan fingerprint density at radius 1 is 1.33 bits per heavy atom. The van der Waals surface area contributed by atoms with E-state index in [4.69, 9.17) is 15.2 Å². The highest BCUT2D eigenvalue weighted by Crippen LogP contribution is 2.17. The molecule has 104 valence electrons. The molecule has 0 spiro atoms. The first-order chi connectivity index (χ1) is 8.77. The number of hydrogen-bond donors (Lipinski definition) is 1. The van der Waals surface area contributed by atoms with Crippen molar-refractivity contribution >= 4 is 5.91 Å². The molecule has 2 atom stereocenters. The van der Waals surface area contributed by atoms with Gasteiger partial charge in [0.05, 0.1) is 12.6 Å². The molecule has 1 unspecified atom stereocenters. The Hall–Kier alpha value is -0.650. The number of ether oxygens (including phenoxy) is 2. The highest BCUT2D eigenvalue weighted by Gasteiger charge is 2.28. The molecule has 0 bridgehead atoms. The molecule has 2 rings (SSSR count). The van der Waals surface area contributed by atoms with E-state index in [-0.39, 0.29) is 18.2 Å². The minimum atomic E-state index is -0.191. The summed E-state index contributed by atoms with van der Waals surface area (Å²) < 4.78 is 11.2. The van der Waals surface area contributed by atoms with Crippen LogP contribution in [-0.4, -0.2) is 49.4 Å². The van der Waals surface area contributed by atoms with Gasteiger partial charge in [-0.2, -0.15) is 0 Å². The largest absolute Gasteiger partial charge is 0.368 e. The molecule has 2 aliphatic heterocycles. The van der Waals surface area contributed by atoms with Gasteiger partial charge in [-0.1, -0.05) is 0 Å². The highest BCUT2D eigenvalue weighted by molar-refractivity contribution is 5.80. The molecule has 2 fully saturated rings. The van der Waals surface area contributed by atoms with E-state index in [9.17, 15) is 4.79 Å². The lowest BCUT2D eigenvalue weighted by molar-refractivity contribution is -0.163. The van der Waals surface area contributed by atoms with E-state index in [1.54, 1.807) is 0 Å². The van der Waals surface area contributed by atoms with Crippen molar-refractivity contribution in [2.45, 2.75) is 50.9 Å². The van der Waals surface area contributed by atoms with Gasteiger partial charge in [-0.3, -0.25) is 9.69 Å². The second-order valence-electron chi connectivity index (χ2n) is 5.12. The first kappa shape index (κ1) is 13.8. The predicted molar refractivity (Wildman–Crippen MR) is 67.9 cm³/mol. The average Bonchev–Trinajstić information content (AvgIpc) is 2.84. The minimum absolute atomic E-state index is 0.00994. The van der Waals surface area contributed by atoms with Crippen molar-refractivity contribution in [1.82, 2.24) is 4.90 Å². The molecular formula is C13H24N2O3. The Labute approximate surface area is 109 Å². The zero-order chi connectivity index (χ0) is 12.8. The van der Waals surface area contributed by atoms with Gasteiger partial charge >= 0.3 is 0 Å². The lowest BCUT2D eigenvalue weighted by atomic mass is 10.2. The number of rotatable bonds is 6. The van der Waals surface area contributed by atoms with Crippen molar-refractivity contribution < 1.29 is 14.3 Å². The van der Waals surface area contributed by atoms with Gasteiger partial charge in [0.25, 0.3) is 0 Å². The van der Waals surface area contributed by atoms with E-state index in [1.165, 1.54) is 6.42 Å². The molecule has 0 aromatic heterocycles.